The fourth-order valence-electron chi connectivity index (χ4n) is 4.78. The molecule has 156 valence electrons. The fraction of sp³-hybridized carbons (Fsp3) is 0.478. The highest BCUT2D eigenvalue weighted by molar-refractivity contribution is 7.18. The molecular formula is C23H26N4O2S. The largest absolute Gasteiger partial charge is 0.310 e. The first-order valence-corrected chi connectivity index (χ1v) is 11.4. The van der Waals surface area contributed by atoms with Crippen LogP contribution in [0, 0.1) is 11.3 Å². The lowest BCUT2D eigenvalue weighted by atomic mass is 9.72. The van der Waals surface area contributed by atoms with Crippen LogP contribution in [0.5, 0.6) is 0 Å². The van der Waals surface area contributed by atoms with Gasteiger partial charge in [0.2, 0.25) is 5.91 Å². The Bertz CT molecular complexity index is 1200. The SMILES string of the molecule is CC(C)(C)C1CCc2c(sc3nnn(CC(=O)N4CCc5ccccc54)c(=O)c23)C1. The van der Waals surface area contributed by atoms with Gasteiger partial charge in [-0.05, 0) is 54.2 Å². The molecule has 1 aliphatic carbocycles. The Balaban J connectivity index is 1.45. The van der Waals surface area contributed by atoms with Crippen molar-refractivity contribution in [1.82, 2.24) is 15.0 Å². The zero-order chi connectivity index (χ0) is 21.0. The number of hydrogen-bond acceptors (Lipinski definition) is 5. The highest BCUT2D eigenvalue weighted by Gasteiger charge is 2.32. The first-order chi connectivity index (χ1) is 14.3. The van der Waals surface area contributed by atoms with Gasteiger partial charge in [0.05, 0.1) is 5.39 Å². The number of aryl methyl sites for hydroxylation is 1. The van der Waals surface area contributed by atoms with Gasteiger partial charge < -0.3 is 4.90 Å². The van der Waals surface area contributed by atoms with Crippen LogP contribution in [-0.4, -0.2) is 27.4 Å². The number of fused-ring (bicyclic) bond motifs is 4. The number of amides is 1. The summed E-state index contributed by atoms with van der Waals surface area (Å²) in [5.41, 5.74) is 3.29. The minimum absolute atomic E-state index is 0.0780. The molecule has 0 N–H and O–H groups in total. The van der Waals surface area contributed by atoms with Gasteiger partial charge in [-0.2, -0.15) is 0 Å². The van der Waals surface area contributed by atoms with Crippen LogP contribution in [0.3, 0.4) is 0 Å². The molecule has 1 aliphatic heterocycles. The molecule has 2 aliphatic rings. The van der Waals surface area contributed by atoms with Gasteiger partial charge in [-0.15, -0.1) is 16.4 Å². The monoisotopic (exact) mass is 422 g/mol. The first-order valence-electron chi connectivity index (χ1n) is 10.6. The molecule has 30 heavy (non-hydrogen) atoms. The first kappa shape index (κ1) is 19.4. The van der Waals surface area contributed by atoms with E-state index in [2.05, 4.69) is 31.1 Å². The summed E-state index contributed by atoms with van der Waals surface area (Å²) in [5.74, 6) is 0.484. The van der Waals surface area contributed by atoms with Crippen molar-refractivity contribution >= 4 is 33.1 Å². The number of anilines is 1. The lowest BCUT2D eigenvalue weighted by Gasteiger charge is -2.33. The van der Waals surface area contributed by atoms with Crippen molar-refractivity contribution in [3.63, 3.8) is 0 Å². The predicted molar refractivity (Wildman–Crippen MR) is 119 cm³/mol. The number of nitrogens with zero attached hydrogens (tertiary/aromatic N) is 4. The van der Waals surface area contributed by atoms with Crippen molar-refractivity contribution in [1.29, 1.82) is 0 Å². The highest BCUT2D eigenvalue weighted by Crippen LogP contribution is 2.41. The number of carbonyl (C=O) groups is 1. The van der Waals surface area contributed by atoms with E-state index in [4.69, 9.17) is 0 Å². The topological polar surface area (TPSA) is 68.1 Å². The zero-order valence-electron chi connectivity index (χ0n) is 17.6. The van der Waals surface area contributed by atoms with E-state index in [1.54, 1.807) is 16.2 Å². The molecule has 3 aromatic rings. The molecule has 1 aromatic carbocycles. The lowest BCUT2D eigenvalue weighted by Crippen LogP contribution is -2.37. The maximum atomic E-state index is 13.2. The predicted octanol–water partition coefficient (Wildman–Crippen LogP) is 3.59. The Morgan fingerprint density at radius 1 is 1.23 bits per heavy atom. The van der Waals surface area contributed by atoms with E-state index in [-0.39, 0.29) is 23.4 Å². The number of hydrogen-bond donors (Lipinski definition) is 0. The molecule has 0 radical (unpaired) electrons. The van der Waals surface area contributed by atoms with Crippen molar-refractivity contribution in [2.24, 2.45) is 11.3 Å². The average molecular weight is 423 g/mol. The summed E-state index contributed by atoms with van der Waals surface area (Å²) in [4.78, 5) is 29.9. The van der Waals surface area contributed by atoms with Crippen molar-refractivity contribution in [3.8, 4) is 0 Å². The van der Waals surface area contributed by atoms with E-state index in [9.17, 15) is 9.59 Å². The molecule has 7 heteroatoms. The normalized spacial score (nSPS) is 18.5. The molecule has 1 atom stereocenters. The Labute approximate surface area is 179 Å². The second kappa shape index (κ2) is 7.01. The Kier molecular flexibility index (Phi) is 4.54. The maximum absolute atomic E-state index is 13.2. The second-order valence-corrected chi connectivity index (χ2v) is 10.5. The van der Waals surface area contributed by atoms with Crippen molar-refractivity contribution in [3.05, 3.63) is 50.6 Å². The summed E-state index contributed by atoms with van der Waals surface area (Å²) >= 11 is 1.60. The average Bonchev–Trinajstić information content (AvgIpc) is 3.30. The fourth-order valence-corrected chi connectivity index (χ4v) is 6.02. The van der Waals surface area contributed by atoms with Gasteiger partial charge in [0.25, 0.3) is 5.56 Å². The van der Waals surface area contributed by atoms with Gasteiger partial charge in [0.1, 0.15) is 6.54 Å². The van der Waals surface area contributed by atoms with E-state index >= 15 is 0 Å². The summed E-state index contributed by atoms with van der Waals surface area (Å²) in [5, 5.41) is 9.09. The van der Waals surface area contributed by atoms with Crippen LogP contribution in [-0.2, 0) is 30.6 Å². The summed E-state index contributed by atoms with van der Waals surface area (Å²) in [6.07, 6.45) is 3.80. The Morgan fingerprint density at radius 3 is 2.83 bits per heavy atom. The smallest absolute Gasteiger partial charge is 0.279 e. The van der Waals surface area contributed by atoms with Crippen molar-refractivity contribution in [2.75, 3.05) is 11.4 Å². The van der Waals surface area contributed by atoms with E-state index in [0.29, 0.717) is 22.7 Å². The Morgan fingerprint density at radius 2 is 2.03 bits per heavy atom. The molecule has 5 rings (SSSR count). The number of benzene rings is 1. The number of thiophene rings is 1. The van der Waals surface area contributed by atoms with Crippen molar-refractivity contribution < 1.29 is 4.79 Å². The minimum atomic E-state index is -0.187. The molecular weight excluding hydrogens is 396 g/mol. The highest BCUT2D eigenvalue weighted by atomic mass is 32.1. The van der Waals surface area contributed by atoms with Gasteiger partial charge in [-0.25, -0.2) is 4.68 Å². The summed E-state index contributed by atoms with van der Waals surface area (Å²) in [7, 11) is 0. The third-order valence-electron chi connectivity index (χ3n) is 6.64. The molecule has 3 heterocycles. The molecule has 0 saturated heterocycles. The van der Waals surface area contributed by atoms with Gasteiger partial charge in [-0.3, -0.25) is 9.59 Å². The van der Waals surface area contributed by atoms with Crippen LogP contribution < -0.4 is 10.5 Å². The summed E-state index contributed by atoms with van der Waals surface area (Å²) in [6.45, 7) is 7.41. The quantitative estimate of drug-likeness (QED) is 0.633. The van der Waals surface area contributed by atoms with Gasteiger partial charge in [0, 0.05) is 17.1 Å². The molecule has 0 spiro atoms. The van der Waals surface area contributed by atoms with Crippen LogP contribution in [0.4, 0.5) is 5.69 Å². The molecule has 0 fully saturated rings. The summed E-state index contributed by atoms with van der Waals surface area (Å²) in [6, 6.07) is 7.92. The summed E-state index contributed by atoms with van der Waals surface area (Å²) < 4.78 is 1.24. The zero-order valence-corrected chi connectivity index (χ0v) is 18.5. The second-order valence-electron chi connectivity index (χ2n) is 9.47. The molecule has 0 bridgehead atoms. The van der Waals surface area contributed by atoms with Crippen LogP contribution in [0.25, 0.3) is 10.2 Å². The molecule has 2 aromatic heterocycles. The maximum Gasteiger partial charge on any atom is 0.279 e. The molecule has 0 saturated carbocycles. The van der Waals surface area contributed by atoms with E-state index in [1.807, 2.05) is 24.3 Å². The van der Waals surface area contributed by atoms with Crippen LogP contribution in [0.15, 0.2) is 29.1 Å². The van der Waals surface area contributed by atoms with Gasteiger partial charge >= 0.3 is 0 Å². The van der Waals surface area contributed by atoms with Gasteiger partial charge in [-0.1, -0.05) is 44.2 Å². The third kappa shape index (κ3) is 3.16. The standard InChI is InChI=1S/C23H26N4O2S/c1-23(2,3)15-8-9-16-18(12-15)30-21-20(16)22(29)27(25-24-21)13-19(28)26-11-10-14-6-4-5-7-17(14)26/h4-7,15H,8-13H2,1-3H3. The molecule has 6 nitrogen and oxygen atoms in total. The van der Waals surface area contributed by atoms with Crippen LogP contribution in [0.1, 0.15) is 43.2 Å². The Hall–Kier alpha value is -2.54. The van der Waals surface area contributed by atoms with E-state index < -0.39 is 0 Å². The molecule has 1 unspecified atom stereocenters. The number of rotatable bonds is 2. The lowest BCUT2D eigenvalue weighted by molar-refractivity contribution is -0.119. The number of para-hydroxylation sites is 1. The third-order valence-corrected chi connectivity index (χ3v) is 7.78. The van der Waals surface area contributed by atoms with Crippen LogP contribution >= 0.6 is 11.3 Å². The van der Waals surface area contributed by atoms with E-state index in [1.165, 1.54) is 15.1 Å². The molecule has 1 amide bonds. The van der Waals surface area contributed by atoms with Crippen molar-refractivity contribution in [2.45, 2.75) is 53.0 Å². The number of aromatic nitrogens is 3. The minimum Gasteiger partial charge on any atom is -0.310 e. The van der Waals surface area contributed by atoms with E-state index in [0.717, 1.165) is 36.9 Å². The van der Waals surface area contributed by atoms with Gasteiger partial charge in [0.15, 0.2) is 4.83 Å². The number of carbonyl (C=O) groups excluding carboxylic acids is 1. The van der Waals surface area contributed by atoms with Crippen LogP contribution in [0.2, 0.25) is 0 Å².